The molecule has 0 aromatic heterocycles. The molecule has 2 atom stereocenters. The van der Waals surface area contributed by atoms with E-state index in [4.69, 9.17) is 18.3 Å². The summed E-state index contributed by atoms with van der Waals surface area (Å²) < 4.78 is 34.0. The van der Waals surface area contributed by atoms with Gasteiger partial charge in [-0.25, -0.2) is 9.36 Å². The average Bonchev–Trinajstić information content (AvgIpc) is 3.35. The van der Waals surface area contributed by atoms with Crippen molar-refractivity contribution < 1.29 is 32.5 Å². The number of carbonyl (C=O) groups excluding carboxylic acids is 2. The molecule has 9 heteroatoms. The summed E-state index contributed by atoms with van der Waals surface area (Å²) in [6, 6.07) is 8.06. The van der Waals surface area contributed by atoms with Gasteiger partial charge in [0.2, 0.25) is 5.91 Å². The van der Waals surface area contributed by atoms with Gasteiger partial charge in [0.15, 0.2) is 0 Å². The number of amides is 1. The van der Waals surface area contributed by atoms with E-state index in [-0.39, 0.29) is 25.7 Å². The Morgan fingerprint density at radius 2 is 1.39 bits per heavy atom. The highest BCUT2D eigenvalue weighted by Crippen LogP contribution is 2.52. The maximum Gasteiger partial charge on any atom is 0.475 e. The van der Waals surface area contributed by atoms with Gasteiger partial charge in [-0.2, -0.15) is 0 Å². The van der Waals surface area contributed by atoms with E-state index in [1.165, 1.54) is 71.1 Å². The van der Waals surface area contributed by atoms with Crippen LogP contribution in [0.2, 0.25) is 0 Å². The predicted molar refractivity (Wildman–Crippen MR) is 149 cm³/mol. The molecule has 1 N–H and O–H groups in total. The van der Waals surface area contributed by atoms with Crippen LogP contribution < -0.4 is 5.32 Å². The van der Waals surface area contributed by atoms with E-state index in [0.29, 0.717) is 12.0 Å². The van der Waals surface area contributed by atoms with Gasteiger partial charge in [-0.05, 0) is 25.0 Å². The largest absolute Gasteiger partial charge is 0.475 e. The molecular weight excluding hydrogens is 505 g/mol. The standard InChI is InChI=1S/C29H48NO7P/c1-3-4-5-6-7-8-9-10-11-12-13-14-18-21-28(37-29(32)26-19-16-15-17-20-26)27(30-25(2)31)24-36-38(33)34-22-23-35-38/h15-17,19-20,27-28H,3-14,18,21-24H2,1-2H3,(H,30,31)/t27?,28-/m1/s1. The van der Waals surface area contributed by atoms with Crippen LogP contribution in [-0.4, -0.2) is 43.8 Å². The smallest absolute Gasteiger partial charge is 0.456 e. The molecule has 0 bridgehead atoms. The van der Waals surface area contributed by atoms with Crippen LogP contribution in [0.15, 0.2) is 30.3 Å². The summed E-state index contributed by atoms with van der Waals surface area (Å²) in [5.41, 5.74) is 0.431. The second kappa shape index (κ2) is 19.3. The fraction of sp³-hybridized carbons (Fsp3) is 0.724. The normalized spacial score (nSPS) is 16.2. The molecule has 0 aliphatic carbocycles. The van der Waals surface area contributed by atoms with Crippen molar-refractivity contribution in [2.24, 2.45) is 0 Å². The molecule has 1 saturated heterocycles. The Kier molecular flexibility index (Phi) is 16.5. The van der Waals surface area contributed by atoms with Crippen molar-refractivity contribution in [3.05, 3.63) is 35.9 Å². The Morgan fingerprint density at radius 3 is 1.92 bits per heavy atom. The zero-order valence-electron chi connectivity index (χ0n) is 23.4. The fourth-order valence-electron chi connectivity index (χ4n) is 4.57. The van der Waals surface area contributed by atoms with Gasteiger partial charge in [0, 0.05) is 6.92 Å². The lowest BCUT2D eigenvalue weighted by molar-refractivity contribution is -0.121. The van der Waals surface area contributed by atoms with Crippen LogP contribution >= 0.6 is 7.82 Å². The molecule has 216 valence electrons. The number of hydrogen-bond acceptors (Lipinski definition) is 7. The maximum absolute atomic E-state index is 12.8. The van der Waals surface area contributed by atoms with Gasteiger partial charge in [-0.1, -0.05) is 102 Å². The van der Waals surface area contributed by atoms with Crippen molar-refractivity contribution >= 4 is 19.7 Å². The molecule has 1 aliphatic heterocycles. The van der Waals surface area contributed by atoms with E-state index >= 15 is 0 Å². The number of hydrogen-bond donors (Lipinski definition) is 1. The number of ether oxygens (including phenoxy) is 1. The second-order valence-corrected chi connectivity index (χ2v) is 11.7. The number of benzene rings is 1. The first-order chi connectivity index (χ1) is 18.4. The Morgan fingerprint density at radius 1 is 0.868 bits per heavy atom. The molecule has 1 amide bonds. The second-order valence-electron chi connectivity index (χ2n) is 10.1. The molecule has 0 radical (unpaired) electrons. The molecule has 1 heterocycles. The quantitative estimate of drug-likeness (QED) is 0.0963. The van der Waals surface area contributed by atoms with Gasteiger partial charge in [0.25, 0.3) is 0 Å². The number of unbranched alkanes of at least 4 members (excludes halogenated alkanes) is 12. The minimum atomic E-state index is -3.65. The number of rotatable bonds is 21. The van der Waals surface area contributed by atoms with Crippen LogP contribution in [0.25, 0.3) is 0 Å². The summed E-state index contributed by atoms with van der Waals surface area (Å²) in [6.45, 7) is 3.86. The zero-order valence-corrected chi connectivity index (χ0v) is 24.3. The van der Waals surface area contributed by atoms with Gasteiger partial charge in [-0.3, -0.25) is 18.4 Å². The van der Waals surface area contributed by atoms with Crippen molar-refractivity contribution in [2.45, 2.75) is 116 Å². The summed E-state index contributed by atoms with van der Waals surface area (Å²) in [5.74, 6) is -0.767. The van der Waals surface area contributed by atoms with Crippen molar-refractivity contribution in [3.63, 3.8) is 0 Å². The van der Waals surface area contributed by atoms with E-state index in [1.807, 2.05) is 6.07 Å². The third-order valence-corrected chi connectivity index (χ3v) is 8.15. The van der Waals surface area contributed by atoms with Crippen LogP contribution in [0.1, 0.15) is 114 Å². The van der Waals surface area contributed by atoms with E-state index in [2.05, 4.69) is 12.2 Å². The minimum Gasteiger partial charge on any atom is -0.456 e. The lowest BCUT2D eigenvalue weighted by Gasteiger charge is -2.28. The topological polar surface area (TPSA) is 100 Å². The lowest BCUT2D eigenvalue weighted by atomic mass is 10.0. The fourth-order valence-corrected chi connectivity index (χ4v) is 5.73. The summed E-state index contributed by atoms with van der Waals surface area (Å²) in [5, 5.41) is 2.80. The van der Waals surface area contributed by atoms with E-state index < -0.39 is 25.9 Å². The van der Waals surface area contributed by atoms with Crippen LogP contribution in [0.3, 0.4) is 0 Å². The van der Waals surface area contributed by atoms with Gasteiger partial charge < -0.3 is 10.1 Å². The molecule has 0 spiro atoms. The highest BCUT2D eigenvalue weighted by molar-refractivity contribution is 7.48. The highest BCUT2D eigenvalue weighted by atomic mass is 31.2. The molecule has 0 saturated carbocycles. The van der Waals surface area contributed by atoms with E-state index in [9.17, 15) is 14.2 Å². The number of nitrogens with one attached hydrogen (secondary N) is 1. The molecule has 2 rings (SSSR count). The van der Waals surface area contributed by atoms with E-state index in [0.717, 1.165) is 19.3 Å². The molecule has 1 aromatic carbocycles. The zero-order chi connectivity index (χ0) is 27.5. The van der Waals surface area contributed by atoms with Crippen LogP contribution in [0.5, 0.6) is 0 Å². The first-order valence-electron chi connectivity index (χ1n) is 14.5. The first-order valence-corrected chi connectivity index (χ1v) is 16.0. The Hall–Kier alpha value is -1.73. The van der Waals surface area contributed by atoms with Crippen LogP contribution in [0.4, 0.5) is 0 Å². The summed E-state index contributed by atoms with van der Waals surface area (Å²) in [6.07, 6.45) is 16.0. The molecule has 1 unspecified atom stereocenters. The molecule has 1 aliphatic rings. The highest BCUT2D eigenvalue weighted by Gasteiger charge is 2.35. The van der Waals surface area contributed by atoms with Crippen LogP contribution in [0, 0.1) is 0 Å². The first kappa shape index (κ1) is 32.5. The maximum atomic E-state index is 12.8. The minimum absolute atomic E-state index is 0.151. The molecular formula is C29H48NO7P. The van der Waals surface area contributed by atoms with Gasteiger partial charge in [0.1, 0.15) is 6.10 Å². The molecule has 1 aromatic rings. The summed E-state index contributed by atoms with van der Waals surface area (Å²) >= 11 is 0. The van der Waals surface area contributed by atoms with Crippen molar-refractivity contribution in [3.8, 4) is 0 Å². The Balaban J connectivity index is 1.81. The number of phosphoric acid groups is 1. The summed E-state index contributed by atoms with van der Waals surface area (Å²) in [7, 11) is -3.65. The Labute approximate surface area is 229 Å². The van der Waals surface area contributed by atoms with Gasteiger partial charge >= 0.3 is 13.8 Å². The number of phosphoric ester groups is 1. The summed E-state index contributed by atoms with van der Waals surface area (Å²) in [4.78, 5) is 24.8. The third-order valence-electron chi connectivity index (χ3n) is 6.69. The number of carbonyl (C=O) groups is 2. The van der Waals surface area contributed by atoms with Gasteiger partial charge in [-0.15, -0.1) is 0 Å². The molecule has 38 heavy (non-hydrogen) atoms. The van der Waals surface area contributed by atoms with E-state index in [1.54, 1.807) is 24.3 Å². The van der Waals surface area contributed by atoms with Crippen molar-refractivity contribution in [2.75, 3.05) is 19.8 Å². The van der Waals surface area contributed by atoms with Crippen molar-refractivity contribution in [1.82, 2.24) is 5.32 Å². The average molecular weight is 554 g/mol. The predicted octanol–water partition coefficient (Wildman–Crippen LogP) is 7.37. The third kappa shape index (κ3) is 13.9. The van der Waals surface area contributed by atoms with Gasteiger partial charge in [0.05, 0.1) is 31.4 Å². The SMILES string of the molecule is CCCCCCCCCCCCCCC[C@@H](OC(=O)c1ccccc1)C(COP1(=O)OCCO1)NC(C)=O. The van der Waals surface area contributed by atoms with Crippen molar-refractivity contribution in [1.29, 1.82) is 0 Å². The Bertz CT molecular complexity index is 825. The lowest BCUT2D eigenvalue weighted by Crippen LogP contribution is -2.47. The van der Waals surface area contributed by atoms with Crippen LogP contribution in [-0.2, 0) is 27.7 Å². The molecule has 8 nitrogen and oxygen atoms in total. The molecule has 1 fully saturated rings. The number of esters is 1. The monoisotopic (exact) mass is 553 g/mol.